The lowest BCUT2D eigenvalue weighted by molar-refractivity contribution is 0.380. The number of anilines is 1. The van der Waals surface area contributed by atoms with Crippen LogP contribution in [-0.4, -0.2) is 35.1 Å². The summed E-state index contributed by atoms with van der Waals surface area (Å²) in [6.07, 6.45) is 6.64. The summed E-state index contributed by atoms with van der Waals surface area (Å²) in [6.45, 7) is 0.742. The van der Waals surface area contributed by atoms with Crippen molar-refractivity contribution in [1.29, 1.82) is 0 Å². The Balaban J connectivity index is 2.43. The molecule has 0 spiro atoms. The highest BCUT2D eigenvalue weighted by molar-refractivity contribution is 7.99. The molecule has 0 saturated carbocycles. The molecule has 0 fully saturated rings. The molecule has 0 atom stereocenters. The SMILES string of the molecule is C#CCSCCNc1nc(OC)ncc1Cl. The molecule has 0 radical (unpaired) electrons. The van der Waals surface area contributed by atoms with Crippen molar-refractivity contribution >= 4 is 29.2 Å². The van der Waals surface area contributed by atoms with E-state index < -0.39 is 0 Å². The maximum Gasteiger partial charge on any atom is 0.318 e. The van der Waals surface area contributed by atoms with Gasteiger partial charge in [0.15, 0.2) is 5.82 Å². The highest BCUT2D eigenvalue weighted by Crippen LogP contribution is 2.19. The Morgan fingerprint density at radius 1 is 1.69 bits per heavy atom. The number of halogens is 1. The predicted octanol–water partition coefficient (Wildman–Crippen LogP) is 1.92. The number of rotatable bonds is 6. The minimum Gasteiger partial charge on any atom is -0.467 e. The molecule has 86 valence electrons. The second kappa shape index (κ2) is 7.20. The first-order chi connectivity index (χ1) is 7.77. The molecule has 0 amide bonds. The van der Waals surface area contributed by atoms with Gasteiger partial charge in [0.05, 0.1) is 19.1 Å². The first-order valence-corrected chi connectivity index (χ1v) is 6.12. The fourth-order valence-electron chi connectivity index (χ4n) is 0.946. The fourth-order valence-corrected chi connectivity index (χ4v) is 1.61. The standard InChI is InChI=1S/C10H12ClN3OS/c1-3-5-16-6-4-12-9-8(11)7-13-10(14-9)15-2/h1,7H,4-6H2,2H3,(H,12,13,14). The van der Waals surface area contributed by atoms with Gasteiger partial charge in [-0.05, 0) is 0 Å². The van der Waals surface area contributed by atoms with E-state index in [2.05, 4.69) is 21.2 Å². The predicted molar refractivity (Wildman–Crippen MR) is 68.2 cm³/mol. The molecule has 6 heteroatoms. The maximum atomic E-state index is 5.91. The Bertz CT molecular complexity index is 381. The van der Waals surface area contributed by atoms with E-state index in [9.17, 15) is 0 Å². The van der Waals surface area contributed by atoms with Crippen LogP contribution in [0.25, 0.3) is 0 Å². The molecule has 1 N–H and O–H groups in total. The Hall–Kier alpha value is -1.12. The van der Waals surface area contributed by atoms with Crippen LogP contribution < -0.4 is 10.1 Å². The van der Waals surface area contributed by atoms with E-state index in [1.54, 1.807) is 11.8 Å². The Morgan fingerprint density at radius 2 is 2.50 bits per heavy atom. The van der Waals surface area contributed by atoms with E-state index in [1.165, 1.54) is 13.3 Å². The van der Waals surface area contributed by atoms with E-state index in [-0.39, 0.29) is 0 Å². The molecular weight excluding hydrogens is 246 g/mol. The van der Waals surface area contributed by atoms with E-state index in [1.807, 2.05) is 0 Å². The number of hydrogen-bond acceptors (Lipinski definition) is 5. The number of methoxy groups -OCH3 is 1. The molecule has 0 saturated heterocycles. The summed E-state index contributed by atoms with van der Waals surface area (Å²) in [7, 11) is 1.51. The van der Waals surface area contributed by atoms with Crippen LogP contribution in [0, 0.1) is 12.3 Å². The van der Waals surface area contributed by atoms with Crippen molar-refractivity contribution in [2.45, 2.75) is 0 Å². The van der Waals surface area contributed by atoms with Crippen molar-refractivity contribution in [3.63, 3.8) is 0 Å². The van der Waals surface area contributed by atoms with Crippen molar-refractivity contribution in [2.24, 2.45) is 0 Å². The second-order valence-electron chi connectivity index (χ2n) is 2.74. The topological polar surface area (TPSA) is 47.0 Å². The summed E-state index contributed by atoms with van der Waals surface area (Å²) in [5, 5.41) is 3.57. The van der Waals surface area contributed by atoms with Crippen molar-refractivity contribution < 1.29 is 4.74 Å². The van der Waals surface area contributed by atoms with Crippen LogP contribution in [0.4, 0.5) is 5.82 Å². The Labute approximate surface area is 104 Å². The summed E-state index contributed by atoms with van der Waals surface area (Å²) >= 11 is 7.58. The van der Waals surface area contributed by atoms with Crippen molar-refractivity contribution in [3.8, 4) is 18.4 Å². The minimum absolute atomic E-state index is 0.295. The summed E-state index contributed by atoms with van der Waals surface area (Å²) in [6, 6.07) is 0.295. The number of nitrogens with one attached hydrogen (secondary N) is 1. The van der Waals surface area contributed by atoms with Crippen LogP contribution in [0.5, 0.6) is 6.01 Å². The smallest absolute Gasteiger partial charge is 0.318 e. The van der Waals surface area contributed by atoms with Crippen LogP contribution in [0.3, 0.4) is 0 Å². The number of terminal acetylenes is 1. The lowest BCUT2D eigenvalue weighted by Gasteiger charge is -2.07. The molecule has 0 unspecified atom stereocenters. The first kappa shape index (κ1) is 12.9. The second-order valence-corrected chi connectivity index (χ2v) is 4.25. The molecule has 0 bridgehead atoms. The summed E-state index contributed by atoms with van der Waals surface area (Å²) in [5.74, 6) is 4.74. The number of aromatic nitrogens is 2. The number of ether oxygens (including phenoxy) is 1. The van der Waals surface area contributed by atoms with Crippen LogP contribution in [-0.2, 0) is 0 Å². The van der Waals surface area contributed by atoms with Crippen LogP contribution in [0.1, 0.15) is 0 Å². The normalized spacial score (nSPS) is 9.56. The van der Waals surface area contributed by atoms with E-state index in [4.69, 9.17) is 22.8 Å². The quantitative estimate of drug-likeness (QED) is 0.623. The van der Waals surface area contributed by atoms with Gasteiger partial charge in [0.25, 0.3) is 0 Å². The van der Waals surface area contributed by atoms with Gasteiger partial charge in [0, 0.05) is 12.3 Å². The third-order valence-electron chi connectivity index (χ3n) is 1.63. The monoisotopic (exact) mass is 257 g/mol. The van der Waals surface area contributed by atoms with Crippen molar-refractivity contribution in [3.05, 3.63) is 11.2 Å². The molecule has 0 aliphatic rings. The Morgan fingerprint density at radius 3 is 3.19 bits per heavy atom. The molecule has 0 aliphatic heterocycles. The highest BCUT2D eigenvalue weighted by Gasteiger charge is 2.04. The van der Waals surface area contributed by atoms with Gasteiger partial charge in [0.2, 0.25) is 0 Å². The number of hydrogen-bond donors (Lipinski definition) is 1. The fraction of sp³-hybridized carbons (Fsp3) is 0.400. The summed E-state index contributed by atoms with van der Waals surface area (Å²) < 4.78 is 4.90. The maximum absolute atomic E-state index is 5.91. The lowest BCUT2D eigenvalue weighted by atomic mass is 10.5. The zero-order valence-corrected chi connectivity index (χ0v) is 10.4. The summed E-state index contributed by atoms with van der Waals surface area (Å²) in [5.41, 5.74) is 0. The van der Waals surface area contributed by atoms with Crippen LogP contribution >= 0.6 is 23.4 Å². The minimum atomic E-state index is 0.295. The number of thioether (sulfide) groups is 1. The van der Waals surface area contributed by atoms with Gasteiger partial charge in [-0.1, -0.05) is 17.5 Å². The summed E-state index contributed by atoms with van der Waals surface area (Å²) in [4.78, 5) is 7.96. The zero-order valence-electron chi connectivity index (χ0n) is 8.86. The molecule has 1 heterocycles. The van der Waals surface area contributed by atoms with Gasteiger partial charge in [0.1, 0.15) is 5.02 Å². The third kappa shape index (κ3) is 4.17. The zero-order chi connectivity index (χ0) is 11.8. The molecule has 1 rings (SSSR count). The van der Waals surface area contributed by atoms with Crippen molar-refractivity contribution in [1.82, 2.24) is 9.97 Å². The molecule has 0 aliphatic carbocycles. The molecule has 4 nitrogen and oxygen atoms in total. The number of nitrogens with zero attached hydrogens (tertiary/aromatic N) is 2. The lowest BCUT2D eigenvalue weighted by Crippen LogP contribution is -2.07. The third-order valence-corrected chi connectivity index (χ3v) is 2.77. The van der Waals surface area contributed by atoms with E-state index in [0.717, 1.165) is 12.3 Å². The average molecular weight is 258 g/mol. The highest BCUT2D eigenvalue weighted by atomic mass is 35.5. The molecule has 0 aromatic carbocycles. The van der Waals surface area contributed by atoms with Gasteiger partial charge in [-0.15, -0.1) is 18.2 Å². The molecular formula is C10H12ClN3OS. The van der Waals surface area contributed by atoms with Gasteiger partial charge >= 0.3 is 6.01 Å². The van der Waals surface area contributed by atoms with Crippen LogP contribution in [0.2, 0.25) is 5.02 Å². The van der Waals surface area contributed by atoms with Crippen molar-refractivity contribution in [2.75, 3.05) is 30.5 Å². The largest absolute Gasteiger partial charge is 0.467 e. The Kier molecular flexibility index (Phi) is 5.83. The van der Waals surface area contributed by atoms with E-state index in [0.29, 0.717) is 22.6 Å². The molecule has 16 heavy (non-hydrogen) atoms. The average Bonchev–Trinajstić information content (AvgIpc) is 2.31. The van der Waals surface area contributed by atoms with Gasteiger partial charge < -0.3 is 10.1 Å². The van der Waals surface area contributed by atoms with Gasteiger partial charge in [-0.3, -0.25) is 0 Å². The molecule has 1 aromatic rings. The van der Waals surface area contributed by atoms with Gasteiger partial charge in [-0.25, -0.2) is 4.98 Å². The van der Waals surface area contributed by atoms with Gasteiger partial charge in [-0.2, -0.15) is 4.98 Å². The first-order valence-electron chi connectivity index (χ1n) is 4.59. The van der Waals surface area contributed by atoms with E-state index >= 15 is 0 Å². The molecule has 1 aromatic heterocycles. The van der Waals surface area contributed by atoms with Crippen LogP contribution in [0.15, 0.2) is 6.20 Å².